The van der Waals surface area contributed by atoms with Crippen molar-refractivity contribution in [2.75, 3.05) is 20.7 Å². The molecule has 4 nitrogen and oxygen atoms in total. The summed E-state index contributed by atoms with van der Waals surface area (Å²) in [5, 5.41) is 6.34. The van der Waals surface area contributed by atoms with Gasteiger partial charge in [-0.1, -0.05) is 19.3 Å². The molecule has 1 saturated carbocycles. The summed E-state index contributed by atoms with van der Waals surface area (Å²) in [5.74, 6) is 0.122. The molecular weight excluding hydrogens is 228 g/mol. The third kappa shape index (κ3) is 4.58. The molecule has 0 bridgehead atoms. The third-order valence-corrected chi connectivity index (χ3v) is 4.10. The van der Waals surface area contributed by atoms with Gasteiger partial charge in [0.05, 0.1) is 5.60 Å². The quantitative estimate of drug-likeness (QED) is 0.762. The zero-order valence-corrected chi connectivity index (χ0v) is 12.3. The summed E-state index contributed by atoms with van der Waals surface area (Å²) in [6, 6.07) is 0. The molecule has 0 atom stereocenters. The van der Waals surface area contributed by atoms with E-state index >= 15 is 0 Å². The fourth-order valence-electron chi connectivity index (χ4n) is 2.50. The van der Waals surface area contributed by atoms with Gasteiger partial charge in [0, 0.05) is 25.6 Å². The van der Waals surface area contributed by atoms with E-state index in [0.29, 0.717) is 13.0 Å². The van der Waals surface area contributed by atoms with Crippen LogP contribution in [-0.4, -0.2) is 37.7 Å². The summed E-state index contributed by atoms with van der Waals surface area (Å²) in [6.45, 7) is 4.51. The highest BCUT2D eigenvalue weighted by molar-refractivity contribution is 5.77. The van der Waals surface area contributed by atoms with Gasteiger partial charge in [0.1, 0.15) is 0 Å². The van der Waals surface area contributed by atoms with Gasteiger partial charge in [-0.2, -0.15) is 0 Å². The molecule has 106 valence electrons. The molecule has 0 spiro atoms. The Morgan fingerprint density at radius 1 is 1.28 bits per heavy atom. The molecule has 1 fully saturated rings. The van der Waals surface area contributed by atoms with Crippen LogP contribution in [0.2, 0.25) is 0 Å². The van der Waals surface area contributed by atoms with E-state index in [-0.39, 0.29) is 17.0 Å². The van der Waals surface area contributed by atoms with Gasteiger partial charge >= 0.3 is 0 Å². The lowest BCUT2D eigenvalue weighted by atomic mass is 9.79. The third-order valence-electron chi connectivity index (χ3n) is 4.10. The molecule has 0 aromatic rings. The van der Waals surface area contributed by atoms with Crippen molar-refractivity contribution < 1.29 is 9.53 Å². The SMILES string of the molecule is CNC1(CC(=O)NCC(C)(C)OC)CCCCC1. The smallest absolute Gasteiger partial charge is 0.221 e. The number of carbonyl (C=O) groups excluding carboxylic acids is 1. The predicted molar refractivity (Wildman–Crippen MR) is 73.6 cm³/mol. The highest BCUT2D eigenvalue weighted by Crippen LogP contribution is 2.30. The zero-order chi connectivity index (χ0) is 13.6. The van der Waals surface area contributed by atoms with E-state index in [1.807, 2.05) is 20.9 Å². The maximum atomic E-state index is 12.0. The fourth-order valence-corrected chi connectivity index (χ4v) is 2.50. The normalized spacial score (nSPS) is 19.6. The number of hydrogen-bond donors (Lipinski definition) is 2. The van der Waals surface area contributed by atoms with Crippen LogP contribution in [0.4, 0.5) is 0 Å². The van der Waals surface area contributed by atoms with E-state index in [4.69, 9.17) is 4.74 Å². The van der Waals surface area contributed by atoms with Gasteiger partial charge in [0.2, 0.25) is 5.91 Å². The number of hydrogen-bond acceptors (Lipinski definition) is 3. The first-order chi connectivity index (χ1) is 8.43. The molecule has 0 aromatic heterocycles. The summed E-state index contributed by atoms with van der Waals surface area (Å²) in [4.78, 5) is 12.0. The van der Waals surface area contributed by atoms with Crippen molar-refractivity contribution in [1.82, 2.24) is 10.6 Å². The Morgan fingerprint density at radius 2 is 1.89 bits per heavy atom. The Labute approximate surface area is 111 Å². The molecule has 0 unspecified atom stereocenters. The van der Waals surface area contributed by atoms with Crippen molar-refractivity contribution >= 4 is 5.91 Å². The molecule has 1 aliphatic rings. The monoisotopic (exact) mass is 256 g/mol. The van der Waals surface area contributed by atoms with Crippen molar-refractivity contribution in [3.05, 3.63) is 0 Å². The molecule has 1 aliphatic carbocycles. The first-order valence-corrected chi connectivity index (χ1v) is 6.94. The second kappa shape index (κ2) is 6.53. The minimum atomic E-state index is -0.297. The second-order valence-corrected chi connectivity index (χ2v) is 6.01. The number of ether oxygens (including phenoxy) is 1. The van der Waals surface area contributed by atoms with Crippen molar-refractivity contribution in [2.45, 2.75) is 63.5 Å². The van der Waals surface area contributed by atoms with E-state index in [0.717, 1.165) is 12.8 Å². The van der Waals surface area contributed by atoms with Crippen molar-refractivity contribution in [3.63, 3.8) is 0 Å². The number of carbonyl (C=O) groups is 1. The van der Waals surface area contributed by atoms with Gasteiger partial charge in [0.15, 0.2) is 0 Å². The van der Waals surface area contributed by atoms with Crippen LogP contribution >= 0.6 is 0 Å². The van der Waals surface area contributed by atoms with Crippen molar-refractivity contribution in [1.29, 1.82) is 0 Å². The highest BCUT2D eigenvalue weighted by atomic mass is 16.5. The van der Waals surface area contributed by atoms with Gasteiger partial charge in [-0.25, -0.2) is 0 Å². The molecular formula is C14H28N2O2. The van der Waals surface area contributed by atoms with Gasteiger partial charge in [-0.15, -0.1) is 0 Å². The molecule has 18 heavy (non-hydrogen) atoms. The average Bonchev–Trinajstić information content (AvgIpc) is 2.38. The fraction of sp³-hybridized carbons (Fsp3) is 0.929. The van der Waals surface area contributed by atoms with Crippen LogP contribution in [0.3, 0.4) is 0 Å². The van der Waals surface area contributed by atoms with E-state index in [9.17, 15) is 4.79 Å². The van der Waals surface area contributed by atoms with Gasteiger partial charge in [-0.3, -0.25) is 4.79 Å². The molecule has 0 radical (unpaired) electrons. The zero-order valence-electron chi connectivity index (χ0n) is 12.3. The van der Waals surface area contributed by atoms with E-state index < -0.39 is 0 Å². The van der Waals surface area contributed by atoms with Crippen molar-refractivity contribution in [3.8, 4) is 0 Å². The molecule has 1 amide bonds. The van der Waals surface area contributed by atoms with Crippen LogP contribution in [0.1, 0.15) is 52.4 Å². The minimum absolute atomic E-state index is 0.0134. The average molecular weight is 256 g/mol. The van der Waals surface area contributed by atoms with Crippen molar-refractivity contribution in [2.24, 2.45) is 0 Å². The van der Waals surface area contributed by atoms with E-state index in [2.05, 4.69) is 10.6 Å². The number of rotatable bonds is 6. The van der Waals surface area contributed by atoms with E-state index in [1.165, 1.54) is 19.3 Å². The summed E-state index contributed by atoms with van der Waals surface area (Å²) in [5.41, 5.74) is -0.283. The molecule has 4 heteroatoms. The van der Waals surface area contributed by atoms with Crippen LogP contribution in [0.15, 0.2) is 0 Å². The maximum absolute atomic E-state index is 12.0. The highest BCUT2D eigenvalue weighted by Gasteiger charge is 2.32. The van der Waals surface area contributed by atoms with Gasteiger partial charge < -0.3 is 15.4 Å². The predicted octanol–water partition coefficient (Wildman–Crippen LogP) is 1.84. The molecule has 1 rings (SSSR count). The largest absolute Gasteiger partial charge is 0.377 e. The van der Waals surface area contributed by atoms with E-state index in [1.54, 1.807) is 7.11 Å². The Morgan fingerprint density at radius 3 is 2.39 bits per heavy atom. The topological polar surface area (TPSA) is 50.4 Å². The Bertz CT molecular complexity index is 271. The Hall–Kier alpha value is -0.610. The lowest BCUT2D eigenvalue weighted by Crippen LogP contribution is -2.49. The molecule has 0 heterocycles. The van der Waals surface area contributed by atoms with Gasteiger partial charge in [-0.05, 0) is 33.7 Å². The van der Waals surface area contributed by atoms with Crippen LogP contribution in [0.5, 0.6) is 0 Å². The van der Waals surface area contributed by atoms with Crippen LogP contribution in [-0.2, 0) is 9.53 Å². The first kappa shape index (κ1) is 15.4. The molecule has 0 aliphatic heterocycles. The minimum Gasteiger partial charge on any atom is -0.377 e. The summed E-state index contributed by atoms with van der Waals surface area (Å²) in [7, 11) is 3.64. The molecule has 0 saturated heterocycles. The number of methoxy groups -OCH3 is 1. The standard InChI is InChI=1S/C14H28N2O2/c1-13(2,18-4)11-16-12(17)10-14(15-3)8-6-5-7-9-14/h15H,5-11H2,1-4H3,(H,16,17). The number of amides is 1. The Balaban J connectivity index is 2.42. The first-order valence-electron chi connectivity index (χ1n) is 6.94. The van der Waals surface area contributed by atoms with Gasteiger partial charge in [0.25, 0.3) is 0 Å². The summed E-state index contributed by atoms with van der Waals surface area (Å²) >= 11 is 0. The summed E-state index contributed by atoms with van der Waals surface area (Å²) < 4.78 is 5.30. The van der Waals surface area contributed by atoms with Crippen LogP contribution in [0.25, 0.3) is 0 Å². The lowest BCUT2D eigenvalue weighted by Gasteiger charge is -2.37. The molecule has 0 aromatic carbocycles. The lowest BCUT2D eigenvalue weighted by molar-refractivity contribution is -0.124. The number of nitrogens with one attached hydrogen (secondary N) is 2. The van der Waals surface area contributed by atoms with Crippen LogP contribution in [0, 0.1) is 0 Å². The van der Waals surface area contributed by atoms with Crippen LogP contribution < -0.4 is 10.6 Å². The Kier molecular flexibility index (Phi) is 5.60. The maximum Gasteiger partial charge on any atom is 0.221 e. The summed E-state index contributed by atoms with van der Waals surface area (Å²) in [6.07, 6.45) is 6.51. The second-order valence-electron chi connectivity index (χ2n) is 6.01. The molecule has 2 N–H and O–H groups in total.